The molecule has 0 aromatic carbocycles. The maximum Gasteiger partial charge on any atom is 0.283 e. The number of rotatable bonds is 2. The Balaban J connectivity index is 2.34. The fourth-order valence-corrected chi connectivity index (χ4v) is 1.30. The predicted octanol–water partition coefficient (Wildman–Crippen LogP) is 0.370. The molecule has 0 aliphatic rings. The van der Waals surface area contributed by atoms with Crippen LogP contribution in [0.2, 0.25) is 0 Å². The van der Waals surface area contributed by atoms with E-state index in [1.165, 1.54) is 17.1 Å². The van der Waals surface area contributed by atoms with Crippen LogP contribution in [0, 0.1) is 0 Å². The van der Waals surface area contributed by atoms with E-state index in [-0.39, 0.29) is 5.91 Å². The first-order valence-corrected chi connectivity index (χ1v) is 4.58. The molecule has 0 unspecified atom stereocenters. The van der Waals surface area contributed by atoms with Crippen molar-refractivity contribution in [1.82, 2.24) is 19.3 Å². The lowest BCUT2D eigenvalue weighted by Crippen LogP contribution is -2.11. The number of aryl methyl sites for hydroxylation is 1. The topological polar surface area (TPSA) is 78.7 Å². The van der Waals surface area contributed by atoms with Gasteiger partial charge >= 0.3 is 0 Å². The summed E-state index contributed by atoms with van der Waals surface area (Å²) in [7, 11) is 0. The molecule has 0 atom stereocenters. The van der Waals surface area contributed by atoms with Crippen molar-refractivity contribution in [3.8, 4) is 0 Å². The zero-order chi connectivity index (χ0) is 10.8. The number of anilines is 1. The zero-order valence-corrected chi connectivity index (χ0v) is 8.29. The third kappa shape index (κ3) is 1.61. The summed E-state index contributed by atoms with van der Waals surface area (Å²) >= 11 is 0. The fraction of sp³-hybridized carbons (Fsp3) is 0.222. The lowest BCUT2D eigenvalue weighted by Gasteiger charge is -1.97. The van der Waals surface area contributed by atoms with E-state index in [1.54, 1.807) is 16.9 Å². The van der Waals surface area contributed by atoms with Crippen molar-refractivity contribution in [2.24, 2.45) is 0 Å². The number of carbonyl (C=O) groups excluding carboxylic acids is 1. The molecular weight excluding hydrogens is 194 g/mol. The molecule has 0 saturated heterocycles. The Morgan fingerprint density at radius 1 is 1.60 bits per heavy atom. The monoisotopic (exact) mass is 205 g/mol. The van der Waals surface area contributed by atoms with Gasteiger partial charge < -0.3 is 5.73 Å². The molecule has 15 heavy (non-hydrogen) atoms. The smallest absolute Gasteiger partial charge is 0.283 e. The molecule has 0 radical (unpaired) electrons. The van der Waals surface area contributed by atoms with Gasteiger partial charge in [-0.3, -0.25) is 9.36 Å². The number of nitrogens with two attached hydrogens (primary N) is 1. The second-order valence-electron chi connectivity index (χ2n) is 3.05. The molecule has 2 heterocycles. The van der Waals surface area contributed by atoms with Gasteiger partial charge in [0, 0.05) is 25.0 Å². The maximum atomic E-state index is 11.8. The van der Waals surface area contributed by atoms with Crippen LogP contribution in [0.3, 0.4) is 0 Å². The van der Waals surface area contributed by atoms with E-state index >= 15 is 0 Å². The number of carbonyl (C=O) groups is 1. The van der Waals surface area contributed by atoms with E-state index in [2.05, 4.69) is 10.1 Å². The quantitative estimate of drug-likeness (QED) is 0.768. The molecule has 6 nitrogen and oxygen atoms in total. The van der Waals surface area contributed by atoms with Gasteiger partial charge in [0.25, 0.3) is 5.91 Å². The number of hydrogen-bond acceptors (Lipinski definition) is 4. The summed E-state index contributed by atoms with van der Waals surface area (Å²) < 4.78 is 2.94. The molecule has 2 N–H and O–H groups in total. The Morgan fingerprint density at radius 3 is 2.93 bits per heavy atom. The van der Waals surface area contributed by atoms with Crippen LogP contribution in [0.4, 0.5) is 5.82 Å². The highest BCUT2D eigenvalue weighted by Gasteiger charge is 2.13. The van der Waals surface area contributed by atoms with Crippen LogP contribution in [0.1, 0.15) is 17.4 Å². The minimum absolute atomic E-state index is 0.230. The normalized spacial score (nSPS) is 10.5. The highest BCUT2D eigenvalue weighted by atomic mass is 16.2. The summed E-state index contributed by atoms with van der Waals surface area (Å²) in [6.45, 7) is 2.55. The predicted molar refractivity (Wildman–Crippen MR) is 54.3 cm³/mol. The summed E-state index contributed by atoms with van der Waals surface area (Å²) in [5, 5.41) is 4.08. The van der Waals surface area contributed by atoms with Gasteiger partial charge in [-0.25, -0.2) is 9.67 Å². The van der Waals surface area contributed by atoms with Crippen molar-refractivity contribution in [2.45, 2.75) is 13.5 Å². The van der Waals surface area contributed by atoms with Crippen LogP contribution in [0.5, 0.6) is 0 Å². The molecule has 0 saturated carbocycles. The van der Waals surface area contributed by atoms with Crippen molar-refractivity contribution in [2.75, 3.05) is 5.73 Å². The second kappa shape index (κ2) is 3.56. The van der Waals surface area contributed by atoms with Crippen molar-refractivity contribution in [3.05, 3.63) is 30.5 Å². The van der Waals surface area contributed by atoms with Crippen LogP contribution in [0.25, 0.3) is 0 Å². The third-order valence-corrected chi connectivity index (χ3v) is 2.07. The third-order valence-electron chi connectivity index (χ3n) is 2.07. The molecule has 0 fully saturated rings. The summed E-state index contributed by atoms with van der Waals surface area (Å²) in [6, 6.07) is 1.56. The van der Waals surface area contributed by atoms with Gasteiger partial charge in [-0.2, -0.15) is 5.10 Å². The summed E-state index contributed by atoms with van der Waals surface area (Å²) in [4.78, 5) is 15.6. The Hall–Kier alpha value is -2.11. The van der Waals surface area contributed by atoms with Gasteiger partial charge in [0.15, 0.2) is 5.69 Å². The Kier molecular flexibility index (Phi) is 2.24. The van der Waals surface area contributed by atoms with E-state index in [0.717, 1.165) is 0 Å². The standard InChI is InChI=1S/C9H11N5O/c1-2-14-8(10)5-7(12-14)9(15)13-4-3-11-6-13/h3-6H,2,10H2,1H3. The fourth-order valence-electron chi connectivity index (χ4n) is 1.30. The van der Waals surface area contributed by atoms with Gasteiger partial charge in [-0.15, -0.1) is 0 Å². The lowest BCUT2D eigenvalue weighted by atomic mass is 10.4. The molecule has 0 spiro atoms. The molecule has 2 rings (SSSR count). The minimum Gasteiger partial charge on any atom is -0.384 e. The van der Waals surface area contributed by atoms with Crippen LogP contribution < -0.4 is 5.73 Å². The number of nitrogens with zero attached hydrogens (tertiary/aromatic N) is 4. The van der Waals surface area contributed by atoms with Gasteiger partial charge in [-0.1, -0.05) is 0 Å². The van der Waals surface area contributed by atoms with E-state index in [0.29, 0.717) is 18.1 Å². The molecule has 6 heteroatoms. The van der Waals surface area contributed by atoms with Gasteiger partial charge in [-0.05, 0) is 6.92 Å². The summed E-state index contributed by atoms with van der Waals surface area (Å²) in [5.41, 5.74) is 5.99. The Bertz CT molecular complexity index is 471. The van der Waals surface area contributed by atoms with Gasteiger partial charge in [0.05, 0.1) is 0 Å². The number of imidazole rings is 1. The van der Waals surface area contributed by atoms with Crippen LogP contribution in [0.15, 0.2) is 24.8 Å². The van der Waals surface area contributed by atoms with Crippen molar-refractivity contribution >= 4 is 11.7 Å². The van der Waals surface area contributed by atoms with Crippen LogP contribution >= 0.6 is 0 Å². The molecule has 0 aliphatic carbocycles. The molecule has 0 amide bonds. The van der Waals surface area contributed by atoms with E-state index < -0.39 is 0 Å². The number of aromatic nitrogens is 4. The minimum atomic E-state index is -0.230. The van der Waals surface area contributed by atoms with Gasteiger partial charge in [0.1, 0.15) is 12.1 Å². The largest absolute Gasteiger partial charge is 0.384 e. The maximum absolute atomic E-state index is 11.8. The summed E-state index contributed by atoms with van der Waals surface area (Å²) in [6.07, 6.45) is 4.55. The average Bonchev–Trinajstić information content (AvgIpc) is 2.85. The lowest BCUT2D eigenvalue weighted by molar-refractivity contribution is 0.0954. The van der Waals surface area contributed by atoms with E-state index in [1.807, 2.05) is 6.92 Å². The Morgan fingerprint density at radius 2 is 2.40 bits per heavy atom. The zero-order valence-electron chi connectivity index (χ0n) is 8.29. The Labute approximate surface area is 86.3 Å². The first-order chi connectivity index (χ1) is 7.22. The first-order valence-electron chi connectivity index (χ1n) is 4.58. The van der Waals surface area contributed by atoms with E-state index in [9.17, 15) is 4.79 Å². The molecular formula is C9H11N5O. The molecule has 78 valence electrons. The second-order valence-corrected chi connectivity index (χ2v) is 3.05. The molecule has 0 aliphatic heterocycles. The highest BCUT2D eigenvalue weighted by Crippen LogP contribution is 2.07. The molecule has 2 aromatic rings. The molecule has 2 aromatic heterocycles. The van der Waals surface area contributed by atoms with Crippen LogP contribution in [-0.2, 0) is 6.54 Å². The molecule has 0 bridgehead atoms. The van der Waals surface area contributed by atoms with Crippen molar-refractivity contribution < 1.29 is 4.79 Å². The SMILES string of the molecule is CCn1nc(C(=O)n2ccnc2)cc1N. The summed E-state index contributed by atoms with van der Waals surface area (Å²) in [5.74, 6) is 0.257. The van der Waals surface area contributed by atoms with Gasteiger partial charge in [0.2, 0.25) is 0 Å². The average molecular weight is 205 g/mol. The highest BCUT2D eigenvalue weighted by molar-refractivity contribution is 5.94. The number of nitrogen functional groups attached to an aromatic ring is 1. The van der Waals surface area contributed by atoms with E-state index in [4.69, 9.17) is 5.73 Å². The number of hydrogen-bond donors (Lipinski definition) is 1. The van der Waals surface area contributed by atoms with Crippen molar-refractivity contribution in [3.63, 3.8) is 0 Å². The van der Waals surface area contributed by atoms with Crippen molar-refractivity contribution in [1.29, 1.82) is 0 Å². The first kappa shape index (κ1) is 9.45. The van der Waals surface area contributed by atoms with Crippen LogP contribution in [-0.4, -0.2) is 25.2 Å².